The van der Waals surface area contributed by atoms with Gasteiger partial charge >= 0.3 is 5.97 Å². The molecule has 1 N–H and O–H groups in total. The Bertz CT molecular complexity index is 493. The molecule has 0 saturated heterocycles. The molecule has 0 amide bonds. The van der Waals surface area contributed by atoms with Crippen LogP contribution in [0.4, 0.5) is 0 Å². The van der Waals surface area contributed by atoms with Crippen LogP contribution in [-0.4, -0.2) is 25.8 Å². The van der Waals surface area contributed by atoms with E-state index in [1.54, 1.807) is 10.9 Å². The maximum atomic E-state index is 10.5. The van der Waals surface area contributed by atoms with Gasteiger partial charge in [0, 0.05) is 13.0 Å². The monoisotopic (exact) mass is 231 g/mol. The number of benzene rings is 1. The van der Waals surface area contributed by atoms with Crippen LogP contribution in [0, 0.1) is 0 Å². The lowest BCUT2D eigenvalue weighted by molar-refractivity contribution is -0.137. The van der Waals surface area contributed by atoms with Crippen molar-refractivity contribution in [2.24, 2.45) is 0 Å². The number of nitrogens with zero attached hydrogens (tertiary/aromatic N) is 3. The van der Waals surface area contributed by atoms with Gasteiger partial charge in [0.05, 0.1) is 6.42 Å². The van der Waals surface area contributed by atoms with E-state index in [4.69, 9.17) is 5.11 Å². The van der Waals surface area contributed by atoms with Gasteiger partial charge in [-0.25, -0.2) is 0 Å². The highest BCUT2D eigenvalue weighted by molar-refractivity contribution is 5.66. The van der Waals surface area contributed by atoms with Gasteiger partial charge in [-0.2, -0.15) is 0 Å². The summed E-state index contributed by atoms with van der Waals surface area (Å²) in [5.41, 5.74) is 1.14. The molecule has 1 aromatic carbocycles. The third-order valence-electron chi connectivity index (χ3n) is 2.47. The molecule has 0 unspecified atom stereocenters. The number of hydrogen-bond acceptors (Lipinski definition) is 3. The van der Waals surface area contributed by atoms with Gasteiger partial charge in [-0.3, -0.25) is 4.79 Å². The minimum atomic E-state index is -0.815. The molecular weight excluding hydrogens is 218 g/mol. The molecule has 5 nitrogen and oxygen atoms in total. The highest BCUT2D eigenvalue weighted by Gasteiger charge is 2.06. The summed E-state index contributed by atoms with van der Waals surface area (Å²) in [6, 6.07) is 9.91. The number of carboxylic acid groups (broad SMARTS) is 1. The van der Waals surface area contributed by atoms with Gasteiger partial charge in [-0.05, 0) is 5.56 Å². The second-order valence-electron chi connectivity index (χ2n) is 3.75. The van der Waals surface area contributed by atoms with E-state index in [9.17, 15) is 4.79 Å². The Kier molecular flexibility index (Phi) is 3.49. The van der Waals surface area contributed by atoms with Crippen molar-refractivity contribution >= 4 is 5.97 Å². The van der Waals surface area contributed by atoms with Gasteiger partial charge in [0.2, 0.25) is 0 Å². The summed E-state index contributed by atoms with van der Waals surface area (Å²) in [5, 5.41) is 16.5. The molecule has 1 aromatic heterocycles. The lowest BCUT2D eigenvalue weighted by Crippen LogP contribution is -2.07. The molecule has 2 rings (SSSR count). The first-order valence-electron chi connectivity index (χ1n) is 5.38. The highest BCUT2D eigenvalue weighted by Crippen LogP contribution is 2.07. The Morgan fingerprint density at radius 2 is 2.06 bits per heavy atom. The fourth-order valence-electron chi connectivity index (χ4n) is 1.60. The normalized spacial score (nSPS) is 10.4. The summed E-state index contributed by atoms with van der Waals surface area (Å²) in [5.74, 6) is -0.0261. The molecule has 0 aliphatic rings. The van der Waals surface area contributed by atoms with Crippen LogP contribution in [0.25, 0.3) is 0 Å². The maximum absolute atomic E-state index is 10.5. The minimum absolute atomic E-state index is 0.0832. The number of aliphatic carboxylic acids is 1. The van der Waals surface area contributed by atoms with E-state index in [0.29, 0.717) is 13.0 Å². The molecule has 88 valence electrons. The van der Waals surface area contributed by atoms with Crippen molar-refractivity contribution in [3.8, 4) is 0 Å². The largest absolute Gasteiger partial charge is 0.481 e. The third-order valence-corrected chi connectivity index (χ3v) is 2.47. The molecule has 0 fully saturated rings. The third kappa shape index (κ3) is 3.14. The Morgan fingerprint density at radius 1 is 1.29 bits per heavy atom. The number of carbonyl (C=O) groups is 1. The Labute approximate surface area is 98.7 Å². The molecular formula is C12H13N3O2. The summed E-state index contributed by atoms with van der Waals surface area (Å²) in [7, 11) is 0. The van der Waals surface area contributed by atoms with Gasteiger partial charge in [0.25, 0.3) is 0 Å². The summed E-state index contributed by atoms with van der Waals surface area (Å²) in [4.78, 5) is 10.5. The van der Waals surface area contributed by atoms with E-state index < -0.39 is 5.97 Å². The van der Waals surface area contributed by atoms with Crippen molar-refractivity contribution in [2.75, 3.05) is 0 Å². The van der Waals surface area contributed by atoms with Crippen LogP contribution in [0.3, 0.4) is 0 Å². The van der Waals surface area contributed by atoms with Crippen molar-refractivity contribution in [1.29, 1.82) is 0 Å². The van der Waals surface area contributed by atoms with Crippen molar-refractivity contribution in [3.05, 3.63) is 48.0 Å². The van der Waals surface area contributed by atoms with E-state index in [1.807, 2.05) is 30.3 Å². The number of aryl methyl sites for hydroxylation is 1. The molecule has 0 radical (unpaired) electrons. The fraction of sp³-hybridized carbons (Fsp3) is 0.250. The molecule has 2 aromatic rings. The van der Waals surface area contributed by atoms with Crippen LogP contribution in [-0.2, 0) is 17.8 Å². The number of hydrogen-bond donors (Lipinski definition) is 1. The zero-order chi connectivity index (χ0) is 12.1. The first-order valence-corrected chi connectivity index (χ1v) is 5.38. The highest BCUT2D eigenvalue weighted by atomic mass is 16.4. The first-order chi connectivity index (χ1) is 8.25. The van der Waals surface area contributed by atoms with E-state index in [-0.39, 0.29) is 6.42 Å². The van der Waals surface area contributed by atoms with Crippen molar-refractivity contribution in [2.45, 2.75) is 19.4 Å². The van der Waals surface area contributed by atoms with Crippen LogP contribution >= 0.6 is 0 Å². The molecule has 0 saturated carbocycles. The predicted molar refractivity (Wildman–Crippen MR) is 61.5 cm³/mol. The minimum Gasteiger partial charge on any atom is -0.481 e. The molecule has 0 spiro atoms. The standard InChI is InChI=1S/C12H13N3O2/c16-12(17)6-7-15-9-13-14-11(15)8-10-4-2-1-3-5-10/h1-5,9H,6-8H2,(H,16,17). The molecule has 0 atom stereocenters. The van der Waals surface area contributed by atoms with Gasteiger partial charge in [-0.15, -0.1) is 10.2 Å². The zero-order valence-electron chi connectivity index (χ0n) is 9.28. The average Bonchev–Trinajstić information content (AvgIpc) is 2.75. The van der Waals surface area contributed by atoms with E-state index in [0.717, 1.165) is 11.4 Å². The van der Waals surface area contributed by atoms with Crippen LogP contribution in [0.15, 0.2) is 36.7 Å². The van der Waals surface area contributed by atoms with Crippen LogP contribution in [0.1, 0.15) is 17.8 Å². The molecule has 1 heterocycles. The zero-order valence-corrected chi connectivity index (χ0v) is 9.28. The molecule has 17 heavy (non-hydrogen) atoms. The Hall–Kier alpha value is -2.17. The fourth-order valence-corrected chi connectivity index (χ4v) is 1.60. The summed E-state index contributed by atoms with van der Waals surface area (Å²) in [6.07, 6.45) is 2.32. The number of rotatable bonds is 5. The van der Waals surface area contributed by atoms with Gasteiger partial charge in [-0.1, -0.05) is 30.3 Å². The van der Waals surface area contributed by atoms with Gasteiger partial charge < -0.3 is 9.67 Å². The molecule has 0 aliphatic carbocycles. The van der Waals surface area contributed by atoms with Crippen molar-refractivity contribution < 1.29 is 9.90 Å². The predicted octanol–water partition coefficient (Wildman–Crippen LogP) is 1.34. The van der Waals surface area contributed by atoms with E-state index in [1.165, 1.54) is 0 Å². The number of aromatic nitrogens is 3. The second-order valence-corrected chi connectivity index (χ2v) is 3.75. The summed E-state index contributed by atoms with van der Waals surface area (Å²) < 4.78 is 1.78. The van der Waals surface area contributed by atoms with Crippen molar-refractivity contribution in [3.63, 3.8) is 0 Å². The maximum Gasteiger partial charge on any atom is 0.305 e. The van der Waals surface area contributed by atoms with Gasteiger partial charge in [0.1, 0.15) is 12.2 Å². The Balaban J connectivity index is 2.06. The molecule has 5 heteroatoms. The smallest absolute Gasteiger partial charge is 0.305 e. The molecule has 0 aliphatic heterocycles. The SMILES string of the molecule is O=C(O)CCn1cnnc1Cc1ccccc1. The van der Waals surface area contributed by atoms with E-state index >= 15 is 0 Å². The average molecular weight is 231 g/mol. The lowest BCUT2D eigenvalue weighted by Gasteiger charge is -2.04. The van der Waals surface area contributed by atoms with Crippen LogP contribution < -0.4 is 0 Å². The Morgan fingerprint density at radius 3 is 2.76 bits per heavy atom. The van der Waals surface area contributed by atoms with Crippen molar-refractivity contribution in [1.82, 2.24) is 14.8 Å². The number of carboxylic acids is 1. The molecule has 0 bridgehead atoms. The van der Waals surface area contributed by atoms with E-state index in [2.05, 4.69) is 10.2 Å². The topological polar surface area (TPSA) is 68.0 Å². The quantitative estimate of drug-likeness (QED) is 0.843. The summed E-state index contributed by atoms with van der Waals surface area (Å²) >= 11 is 0. The van der Waals surface area contributed by atoms with Crippen LogP contribution in [0.5, 0.6) is 0 Å². The first kappa shape index (κ1) is 11.3. The van der Waals surface area contributed by atoms with Crippen LogP contribution in [0.2, 0.25) is 0 Å². The lowest BCUT2D eigenvalue weighted by atomic mass is 10.1. The second kappa shape index (κ2) is 5.25. The van der Waals surface area contributed by atoms with Gasteiger partial charge in [0.15, 0.2) is 0 Å². The summed E-state index contributed by atoms with van der Waals surface area (Å²) in [6.45, 7) is 0.407.